The number of anilines is 2. The number of primary amides is 1. The van der Waals surface area contributed by atoms with E-state index in [1.807, 2.05) is 0 Å². The van der Waals surface area contributed by atoms with Gasteiger partial charge in [0, 0.05) is 18.1 Å². The van der Waals surface area contributed by atoms with E-state index in [2.05, 4.69) is 20.7 Å². The molecule has 0 fully saturated rings. The zero-order valence-electron chi connectivity index (χ0n) is 20.2. The SMILES string of the molecule is Cn1ccc(C(=O)NCc2cccc(Nc3sc(-c4c(F)cc(C(C)(C)O)cc4F)cc3C(N)=O)n2)n1. The number of carbonyl (C=O) groups excluding carboxylic acids is 2. The number of thiophene rings is 1. The third-order valence-electron chi connectivity index (χ3n) is 5.42. The molecule has 0 saturated carbocycles. The topological polar surface area (TPSA) is 135 Å². The first-order valence-electron chi connectivity index (χ1n) is 11.1. The molecule has 0 bridgehead atoms. The molecule has 192 valence electrons. The number of nitrogens with one attached hydrogen (secondary N) is 2. The molecule has 0 unspecified atom stereocenters. The van der Waals surface area contributed by atoms with Gasteiger partial charge in [0.1, 0.15) is 28.1 Å². The van der Waals surface area contributed by atoms with Crippen LogP contribution in [0, 0.1) is 11.6 Å². The minimum absolute atomic E-state index is 0.0287. The molecule has 0 radical (unpaired) electrons. The number of benzene rings is 1. The lowest BCUT2D eigenvalue weighted by molar-refractivity contribution is 0.0778. The first-order chi connectivity index (χ1) is 17.4. The Labute approximate surface area is 215 Å². The Balaban J connectivity index is 1.58. The number of aromatic nitrogens is 3. The number of carbonyl (C=O) groups is 2. The molecule has 2 amide bonds. The van der Waals surface area contributed by atoms with Gasteiger partial charge in [0.2, 0.25) is 0 Å². The summed E-state index contributed by atoms with van der Waals surface area (Å²) in [6, 6.07) is 10.0. The van der Waals surface area contributed by atoms with Crippen LogP contribution >= 0.6 is 11.3 Å². The maximum atomic E-state index is 14.9. The van der Waals surface area contributed by atoms with Crippen molar-refractivity contribution >= 4 is 34.0 Å². The molecule has 12 heteroatoms. The molecule has 0 spiro atoms. The second-order valence-electron chi connectivity index (χ2n) is 8.79. The predicted octanol–water partition coefficient (Wildman–Crippen LogP) is 3.82. The van der Waals surface area contributed by atoms with Gasteiger partial charge in [0.25, 0.3) is 11.8 Å². The molecule has 37 heavy (non-hydrogen) atoms. The average molecular weight is 527 g/mol. The van der Waals surface area contributed by atoms with Gasteiger partial charge >= 0.3 is 0 Å². The summed E-state index contributed by atoms with van der Waals surface area (Å²) >= 11 is 0.926. The minimum Gasteiger partial charge on any atom is -0.386 e. The fraction of sp³-hybridized carbons (Fsp3) is 0.200. The Morgan fingerprint density at radius 2 is 1.86 bits per heavy atom. The first-order valence-corrected chi connectivity index (χ1v) is 11.9. The fourth-order valence-corrected chi connectivity index (χ4v) is 4.63. The van der Waals surface area contributed by atoms with Gasteiger partial charge in [-0.25, -0.2) is 13.8 Å². The van der Waals surface area contributed by atoms with E-state index in [1.54, 1.807) is 37.5 Å². The van der Waals surface area contributed by atoms with Crippen molar-refractivity contribution in [2.24, 2.45) is 12.8 Å². The Kier molecular flexibility index (Phi) is 7.05. The average Bonchev–Trinajstić information content (AvgIpc) is 3.43. The highest BCUT2D eigenvalue weighted by Crippen LogP contribution is 2.40. The largest absolute Gasteiger partial charge is 0.386 e. The van der Waals surface area contributed by atoms with Gasteiger partial charge < -0.3 is 21.5 Å². The summed E-state index contributed by atoms with van der Waals surface area (Å²) in [7, 11) is 1.71. The summed E-state index contributed by atoms with van der Waals surface area (Å²) in [5.74, 6) is -2.59. The van der Waals surface area contributed by atoms with Crippen molar-refractivity contribution < 1.29 is 23.5 Å². The number of amides is 2. The highest BCUT2D eigenvalue weighted by atomic mass is 32.1. The van der Waals surface area contributed by atoms with Crippen LogP contribution in [-0.4, -0.2) is 31.7 Å². The molecule has 9 nitrogen and oxygen atoms in total. The van der Waals surface area contributed by atoms with Gasteiger partial charge in [0.15, 0.2) is 0 Å². The summed E-state index contributed by atoms with van der Waals surface area (Å²) in [6.07, 6.45) is 1.66. The van der Waals surface area contributed by atoms with Gasteiger partial charge in [-0.1, -0.05) is 6.07 Å². The van der Waals surface area contributed by atoms with Crippen molar-refractivity contribution in [2.75, 3.05) is 5.32 Å². The van der Waals surface area contributed by atoms with Crippen LogP contribution in [0.5, 0.6) is 0 Å². The highest BCUT2D eigenvalue weighted by molar-refractivity contribution is 7.20. The van der Waals surface area contributed by atoms with E-state index < -0.39 is 23.1 Å². The summed E-state index contributed by atoms with van der Waals surface area (Å²) in [6.45, 7) is 2.96. The Hall–Kier alpha value is -4.16. The molecule has 0 aliphatic heterocycles. The third kappa shape index (κ3) is 5.81. The fourth-order valence-electron chi connectivity index (χ4n) is 3.51. The molecule has 0 saturated heterocycles. The zero-order chi connectivity index (χ0) is 26.9. The van der Waals surface area contributed by atoms with Gasteiger partial charge in [0.05, 0.1) is 29.0 Å². The smallest absolute Gasteiger partial charge is 0.272 e. The number of pyridine rings is 1. The van der Waals surface area contributed by atoms with Crippen LogP contribution in [-0.2, 0) is 19.2 Å². The molecule has 3 aromatic heterocycles. The van der Waals surface area contributed by atoms with E-state index in [4.69, 9.17) is 5.73 Å². The number of rotatable bonds is 8. The number of aryl methyl sites for hydroxylation is 1. The van der Waals surface area contributed by atoms with Crippen LogP contribution in [0.3, 0.4) is 0 Å². The maximum absolute atomic E-state index is 14.9. The molecule has 0 aliphatic carbocycles. The molecule has 4 aromatic rings. The highest BCUT2D eigenvalue weighted by Gasteiger charge is 2.24. The quantitative estimate of drug-likeness (QED) is 0.276. The standard InChI is InChI=1S/C25H24F2N6O3S/c1-25(2,36)13-9-16(26)21(17(27)10-13)19-11-15(22(28)34)24(37-19)31-20-6-4-5-14(30-20)12-29-23(35)18-7-8-33(3)32-18/h4-11,36H,12H2,1-3H3,(H2,28,34)(H,29,35)(H,30,31). The molecular formula is C25H24F2N6O3S. The van der Waals surface area contributed by atoms with Crippen molar-refractivity contribution in [3.8, 4) is 10.4 Å². The van der Waals surface area contributed by atoms with Crippen LogP contribution in [0.15, 0.2) is 48.7 Å². The van der Waals surface area contributed by atoms with Crippen molar-refractivity contribution in [1.82, 2.24) is 20.1 Å². The summed E-state index contributed by atoms with van der Waals surface area (Å²) < 4.78 is 31.3. The minimum atomic E-state index is -1.44. The van der Waals surface area contributed by atoms with E-state index in [0.717, 1.165) is 23.5 Å². The number of nitrogens with zero attached hydrogens (tertiary/aromatic N) is 3. The second-order valence-corrected chi connectivity index (χ2v) is 9.84. The molecule has 0 aliphatic rings. The van der Waals surface area contributed by atoms with E-state index >= 15 is 0 Å². The lowest BCUT2D eigenvalue weighted by Crippen LogP contribution is -2.24. The lowest BCUT2D eigenvalue weighted by atomic mass is 9.96. The molecule has 3 heterocycles. The molecule has 5 N–H and O–H groups in total. The number of aliphatic hydroxyl groups is 1. The Morgan fingerprint density at radius 1 is 1.16 bits per heavy atom. The maximum Gasteiger partial charge on any atom is 0.272 e. The van der Waals surface area contributed by atoms with E-state index in [1.165, 1.54) is 24.6 Å². The Morgan fingerprint density at radius 3 is 2.46 bits per heavy atom. The Bertz CT molecular complexity index is 1470. The predicted molar refractivity (Wildman–Crippen MR) is 135 cm³/mol. The first kappa shape index (κ1) is 25.9. The van der Waals surface area contributed by atoms with E-state index in [-0.39, 0.29) is 44.7 Å². The summed E-state index contributed by atoms with van der Waals surface area (Å²) in [4.78, 5) is 28.9. The molecule has 4 rings (SSSR count). The van der Waals surface area contributed by atoms with Crippen LogP contribution in [0.2, 0.25) is 0 Å². The van der Waals surface area contributed by atoms with E-state index in [0.29, 0.717) is 11.5 Å². The molecule has 1 aromatic carbocycles. The number of nitrogens with two attached hydrogens (primary N) is 1. The number of hydrogen-bond acceptors (Lipinski definition) is 7. The monoisotopic (exact) mass is 526 g/mol. The lowest BCUT2D eigenvalue weighted by Gasteiger charge is -2.18. The van der Waals surface area contributed by atoms with Crippen molar-refractivity contribution in [3.05, 3.63) is 82.8 Å². The second kappa shape index (κ2) is 10.1. The van der Waals surface area contributed by atoms with Crippen LogP contribution in [0.1, 0.15) is 46.0 Å². The summed E-state index contributed by atoms with van der Waals surface area (Å²) in [5, 5.41) is 20.1. The van der Waals surface area contributed by atoms with Crippen molar-refractivity contribution in [3.63, 3.8) is 0 Å². The van der Waals surface area contributed by atoms with Crippen molar-refractivity contribution in [1.29, 1.82) is 0 Å². The van der Waals surface area contributed by atoms with Crippen LogP contribution in [0.25, 0.3) is 10.4 Å². The van der Waals surface area contributed by atoms with Crippen LogP contribution in [0.4, 0.5) is 19.6 Å². The zero-order valence-corrected chi connectivity index (χ0v) is 21.0. The molecule has 0 atom stereocenters. The normalized spacial score (nSPS) is 11.4. The number of hydrogen-bond donors (Lipinski definition) is 4. The van der Waals surface area contributed by atoms with Crippen molar-refractivity contribution in [2.45, 2.75) is 26.0 Å². The number of halogens is 2. The van der Waals surface area contributed by atoms with E-state index in [9.17, 15) is 23.5 Å². The van der Waals surface area contributed by atoms with Gasteiger partial charge in [-0.15, -0.1) is 11.3 Å². The molecular weight excluding hydrogens is 502 g/mol. The van der Waals surface area contributed by atoms with Gasteiger partial charge in [-0.3, -0.25) is 14.3 Å². The van der Waals surface area contributed by atoms with Gasteiger partial charge in [-0.2, -0.15) is 5.10 Å². The summed E-state index contributed by atoms with van der Waals surface area (Å²) in [5.41, 5.74) is 4.63. The van der Waals surface area contributed by atoms with Crippen LogP contribution < -0.4 is 16.4 Å². The van der Waals surface area contributed by atoms with Gasteiger partial charge in [-0.05, 0) is 55.8 Å². The third-order valence-corrected chi connectivity index (χ3v) is 6.49.